The van der Waals surface area contributed by atoms with Crippen LogP contribution in [0.1, 0.15) is 39.0 Å². The third-order valence-electron chi connectivity index (χ3n) is 1.35. The first-order valence-corrected chi connectivity index (χ1v) is 3.70. The number of carbonyl (C=O) groups excluding carboxylic acids is 1. The molecule has 0 bridgehead atoms. The molecule has 0 rings (SSSR count). The molecule has 10 heavy (non-hydrogen) atoms. The van der Waals surface area contributed by atoms with Crippen LogP contribution in [-0.2, 0) is 4.79 Å². The lowest BCUT2D eigenvalue weighted by atomic mass is 10.1. The van der Waals surface area contributed by atoms with Gasteiger partial charge in [0.25, 0.3) is 0 Å². The maximum atomic E-state index is 10.4. The third-order valence-corrected chi connectivity index (χ3v) is 1.35. The molecule has 0 heterocycles. The van der Waals surface area contributed by atoms with E-state index in [-0.39, 0.29) is 5.78 Å². The Morgan fingerprint density at radius 3 is 2.60 bits per heavy atom. The topological polar surface area (TPSA) is 17.1 Å². The van der Waals surface area contributed by atoms with Crippen LogP contribution in [0, 0.1) is 12.3 Å². The van der Waals surface area contributed by atoms with Crippen LogP contribution >= 0.6 is 0 Å². The van der Waals surface area contributed by atoms with Crippen molar-refractivity contribution in [1.29, 1.82) is 0 Å². The average Bonchev–Trinajstić information content (AvgIpc) is 1.87. The summed E-state index contributed by atoms with van der Waals surface area (Å²) in [6.07, 6.45) is 9.76. The lowest BCUT2D eigenvalue weighted by Gasteiger charge is -1.93. The monoisotopic (exact) mass is 138 g/mol. The third kappa shape index (κ3) is 7.23. The second-order valence-electron chi connectivity index (χ2n) is 2.47. The zero-order valence-electron chi connectivity index (χ0n) is 6.52. The smallest absolute Gasteiger partial charge is 0.129 e. The normalized spacial score (nSPS) is 8.80. The highest BCUT2D eigenvalue weighted by Gasteiger charge is 1.91. The Labute approximate surface area is 62.8 Å². The van der Waals surface area contributed by atoms with Gasteiger partial charge < -0.3 is 4.79 Å². The Balaban J connectivity index is 2.92. The van der Waals surface area contributed by atoms with Gasteiger partial charge in [0, 0.05) is 12.8 Å². The fraction of sp³-hybridized carbons (Fsp3) is 0.667. The van der Waals surface area contributed by atoms with Gasteiger partial charge in [0.05, 0.1) is 0 Å². The van der Waals surface area contributed by atoms with E-state index in [0.29, 0.717) is 6.42 Å². The van der Waals surface area contributed by atoms with Gasteiger partial charge in [-0.1, -0.05) is 6.42 Å². The van der Waals surface area contributed by atoms with E-state index < -0.39 is 0 Å². The summed E-state index contributed by atoms with van der Waals surface area (Å²) in [6, 6.07) is 0. The summed E-state index contributed by atoms with van der Waals surface area (Å²) in [5.74, 6) is 2.85. The fourth-order valence-corrected chi connectivity index (χ4v) is 0.778. The van der Waals surface area contributed by atoms with Crippen molar-refractivity contribution in [3.05, 3.63) is 0 Å². The van der Waals surface area contributed by atoms with Crippen LogP contribution in [0.25, 0.3) is 0 Å². The predicted octanol–water partition coefficient (Wildman–Crippen LogP) is 2.16. The molecule has 0 spiro atoms. The van der Waals surface area contributed by atoms with Crippen LogP contribution in [0.5, 0.6) is 0 Å². The van der Waals surface area contributed by atoms with Crippen molar-refractivity contribution in [2.24, 2.45) is 0 Å². The van der Waals surface area contributed by atoms with Crippen molar-refractivity contribution in [1.82, 2.24) is 0 Å². The summed E-state index contributed by atoms with van der Waals surface area (Å²) < 4.78 is 0. The molecule has 1 nitrogen and oxygen atoms in total. The molecular formula is C9H14O. The molecule has 0 atom stereocenters. The Bertz CT molecular complexity index is 130. The summed E-state index contributed by atoms with van der Waals surface area (Å²) in [5.41, 5.74) is 0. The molecule has 1 heteroatoms. The average molecular weight is 138 g/mol. The van der Waals surface area contributed by atoms with Gasteiger partial charge in [-0.25, -0.2) is 0 Å². The summed E-state index contributed by atoms with van der Waals surface area (Å²) >= 11 is 0. The molecule has 0 radical (unpaired) electrons. The second-order valence-corrected chi connectivity index (χ2v) is 2.47. The number of carbonyl (C=O) groups is 1. The Hall–Kier alpha value is -0.770. The summed E-state index contributed by atoms with van der Waals surface area (Å²) in [4.78, 5) is 10.4. The van der Waals surface area contributed by atoms with Gasteiger partial charge >= 0.3 is 0 Å². The molecule has 0 aliphatic heterocycles. The maximum Gasteiger partial charge on any atom is 0.129 e. The summed E-state index contributed by atoms with van der Waals surface area (Å²) in [5, 5.41) is 0. The molecule has 0 fully saturated rings. The molecule has 0 aromatic rings. The summed E-state index contributed by atoms with van der Waals surface area (Å²) in [6.45, 7) is 1.63. The first-order chi connectivity index (χ1) is 4.77. The van der Waals surface area contributed by atoms with Gasteiger partial charge in [-0.3, -0.25) is 0 Å². The van der Waals surface area contributed by atoms with Gasteiger partial charge in [0.2, 0.25) is 0 Å². The molecule has 56 valence electrons. The quantitative estimate of drug-likeness (QED) is 0.420. The number of rotatable bonds is 5. The second kappa shape index (κ2) is 6.35. The molecule has 0 unspecified atom stereocenters. The lowest BCUT2D eigenvalue weighted by molar-refractivity contribution is -0.117. The first-order valence-electron chi connectivity index (χ1n) is 3.70. The van der Waals surface area contributed by atoms with E-state index in [0.717, 1.165) is 25.7 Å². The molecule has 0 N–H and O–H groups in total. The van der Waals surface area contributed by atoms with Crippen LogP contribution in [0.15, 0.2) is 0 Å². The van der Waals surface area contributed by atoms with Gasteiger partial charge in [-0.2, -0.15) is 0 Å². The largest absolute Gasteiger partial charge is 0.300 e. The zero-order chi connectivity index (χ0) is 7.82. The van der Waals surface area contributed by atoms with E-state index in [2.05, 4.69) is 5.92 Å². The van der Waals surface area contributed by atoms with Gasteiger partial charge in [0.1, 0.15) is 5.78 Å². The van der Waals surface area contributed by atoms with Crippen molar-refractivity contribution >= 4 is 5.78 Å². The molecule has 0 aromatic carbocycles. The molecule has 0 aliphatic carbocycles. The minimum atomic E-state index is 0.278. The highest BCUT2D eigenvalue weighted by Crippen LogP contribution is 2.01. The van der Waals surface area contributed by atoms with E-state index in [4.69, 9.17) is 6.42 Å². The Morgan fingerprint density at radius 1 is 1.40 bits per heavy atom. The van der Waals surface area contributed by atoms with Gasteiger partial charge in [-0.15, -0.1) is 12.3 Å². The van der Waals surface area contributed by atoms with E-state index in [9.17, 15) is 4.79 Å². The first kappa shape index (κ1) is 9.23. The number of hydrogen-bond acceptors (Lipinski definition) is 1. The SMILES string of the molecule is C#CCCCCCC(C)=O. The molecule has 0 aliphatic rings. The minimum Gasteiger partial charge on any atom is -0.300 e. The van der Waals surface area contributed by atoms with Gasteiger partial charge in [-0.05, 0) is 19.8 Å². The van der Waals surface area contributed by atoms with Crippen LogP contribution < -0.4 is 0 Å². The number of ketones is 1. The molecular weight excluding hydrogens is 124 g/mol. The highest BCUT2D eigenvalue weighted by atomic mass is 16.1. The molecule has 0 saturated heterocycles. The van der Waals surface area contributed by atoms with E-state index >= 15 is 0 Å². The van der Waals surface area contributed by atoms with Crippen molar-refractivity contribution in [3.8, 4) is 12.3 Å². The number of hydrogen-bond donors (Lipinski definition) is 0. The maximum absolute atomic E-state index is 10.4. The molecule has 0 aromatic heterocycles. The van der Waals surface area contributed by atoms with Crippen molar-refractivity contribution < 1.29 is 4.79 Å². The van der Waals surface area contributed by atoms with E-state index in [1.807, 2.05) is 0 Å². The minimum absolute atomic E-state index is 0.278. The van der Waals surface area contributed by atoms with Crippen LogP contribution in [0.3, 0.4) is 0 Å². The summed E-state index contributed by atoms with van der Waals surface area (Å²) in [7, 11) is 0. The Morgan fingerprint density at radius 2 is 2.10 bits per heavy atom. The van der Waals surface area contributed by atoms with Crippen molar-refractivity contribution in [3.63, 3.8) is 0 Å². The standard InChI is InChI=1S/C9H14O/c1-3-4-5-6-7-8-9(2)10/h1H,4-8H2,2H3. The van der Waals surface area contributed by atoms with Crippen LogP contribution in [0.2, 0.25) is 0 Å². The Kier molecular flexibility index (Phi) is 5.86. The highest BCUT2D eigenvalue weighted by molar-refractivity contribution is 5.75. The zero-order valence-corrected chi connectivity index (χ0v) is 6.52. The molecule has 0 amide bonds. The van der Waals surface area contributed by atoms with Crippen LogP contribution in [0.4, 0.5) is 0 Å². The fourth-order valence-electron chi connectivity index (χ4n) is 0.778. The number of Topliss-reactive ketones (excluding diaryl/α,β-unsaturated/α-hetero) is 1. The van der Waals surface area contributed by atoms with E-state index in [1.54, 1.807) is 6.92 Å². The number of unbranched alkanes of at least 4 members (excludes halogenated alkanes) is 3. The number of terminal acetylenes is 1. The van der Waals surface area contributed by atoms with Crippen molar-refractivity contribution in [2.45, 2.75) is 39.0 Å². The predicted molar refractivity (Wildman–Crippen MR) is 42.6 cm³/mol. The van der Waals surface area contributed by atoms with Crippen molar-refractivity contribution in [2.75, 3.05) is 0 Å². The molecule has 0 saturated carbocycles. The van der Waals surface area contributed by atoms with Crippen LogP contribution in [-0.4, -0.2) is 5.78 Å². The van der Waals surface area contributed by atoms with Gasteiger partial charge in [0.15, 0.2) is 0 Å². The lowest BCUT2D eigenvalue weighted by Crippen LogP contribution is -1.88. The van der Waals surface area contributed by atoms with E-state index in [1.165, 1.54) is 0 Å².